The fourth-order valence-corrected chi connectivity index (χ4v) is 2.72. The molecule has 0 aliphatic carbocycles. The van der Waals surface area contributed by atoms with Gasteiger partial charge in [0.2, 0.25) is 0 Å². The van der Waals surface area contributed by atoms with E-state index >= 15 is 0 Å². The van der Waals surface area contributed by atoms with Crippen molar-refractivity contribution in [1.82, 2.24) is 4.98 Å². The third kappa shape index (κ3) is 2.73. The molecule has 0 spiro atoms. The predicted octanol–water partition coefficient (Wildman–Crippen LogP) is 3.30. The minimum atomic E-state index is 0.360. The molecule has 94 valence electrons. The molecule has 1 fully saturated rings. The van der Waals surface area contributed by atoms with Crippen LogP contribution in [0.4, 0.5) is 11.5 Å². The van der Waals surface area contributed by atoms with Crippen molar-refractivity contribution >= 4 is 27.4 Å². The first-order valence-electron chi connectivity index (χ1n) is 6.04. The Morgan fingerprint density at radius 3 is 2.71 bits per heavy atom. The third-order valence-corrected chi connectivity index (χ3v) is 4.01. The van der Waals surface area contributed by atoms with Crippen LogP contribution in [0.15, 0.2) is 16.7 Å². The van der Waals surface area contributed by atoms with E-state index in [4.69, 9.17) is 5.73 Å². The summed E-state index contributed by atoms with van der Waals surface area (Å²) in [7, 11) is 0. The Labute approximate surface area is 112 Å². The molecule has 0 saturated carbocycles. The number of halogens is 1. The van der Waals surface area contributed by atoms with Gasteiger partial charge in [0.15, 0.2) is 5.82 Å². The molecular weight excluding hydrogens is 278 g/mol. The Morgan fingerprint density at radius 2 is 2.18 bits per heavy atom. The molecule has 2 heterocycles. The second-order valence-corrected chi connectivity index (χ2v) is 6.78. The summed E-state index contributed by atoms with van der Waals surface area (Å²) in [6.45, 7) is 9.03. The number of hydrogen-bond acceptors (Lipinski definition) is 3. The quantitative estimate of drug-likeness (QED) is 0.865. The van der Waals surface area contributed by atoms with Gasteiger partial charge in [-0.3, -0.25) is 0 Å². The second kappa shape index (κ2) is 4.48. The standard InChI is InChI=1S/C13H20BrN3/c1-13(2,3)9-4-5-17(8-9)12-11(15)6-10(14)7-16-12/h6-7,9H,4-5,8,15H2,1-3H3. The molecule has 1 saturated heterocycles. The number of hydrogen-bond donors (Lipinski definition) is 1. The molecule has 3 nitrogen and oxygen atoms in total. The number of nitrogens with two attached hydrogens (primary N) is 1. The van der Waals surface area contributed by atoms with E-state index < -0.39 is 0 Å². The highest BCUT2D eigenvalue weighted by Crippen LogP contribution is 2.36. The first-order chi connectivity index (χ1) is 7.88. The summed E-state index contributed by atoms with van der Waals surface area (Å²) in [5, 5.41) is 0. The zero-order valence-corrected chi connectivity index (χ0v) is 12.3. The lowest BCUT2D eigenvalue weighted by Gasteiger charge is -2.27. The highest BCUT2D eigenvalue weighted by Gasteiger charge is 2.32. The third-order valence-electron chi connectivity index (χ3n) is 3.57. The molecular formula is C13H20BrN3. The van der Waals surface area contributed by atoms with E-state index in [9.17, 15) is 0 Å². The van der Waals surface area contributed by atoms with E-state index in [1.54, 1.807) is 0 Å². The van der Waals surface area contributed by atoms with E-state index in [2.05, 4.69) is 46.6 Å². The normalized spacial score (nSPS) is 20.9. The highest BCUT2D eigenvalue weighted by molar-refractivity contribution is 9.10. The van der Waals surface area contributed by atoms with E-state index in [1.165, 1.54) is 6.42 Å². The van der Waals surface area contributed by atoms with Crippen LogP contribution in [0.25, 0.3) is 0 Å². The van der Waals surface area contributed by atoms with Crippen molar-refractivity contribution < 1.29 is 0 Å². The van der Waals surface area contributed by atoms with Crippen LogP contribution in [0.3, 0.4) is 0 Å². The molecule has 0 radical (unpaired) electrons. The number of aromatic nitrogens is 1. The van der Waals surface area contributed by atoms with E-state index in [1.807, 2.05) is 12.3 Å². The molecule has 4 heteroatoms. The minimum Gasteiger partial charge on any atom is -0.396 e. The predicted molar refractivity (Wildman–Crippen MR) is 76.1 cm³/mol. The van der Waals surface area contributed by atoms with Gasteiger partial charge in [-0.15, -0.1) is 0 Å². The Bertz CT molecular complexity index is 412. The molecule has 0 amide bonds. The van der Waals surface area contributed by atoms with Crippen molar-refractivity contribution in [2.45, 2.75) is 27.2 Å². The molecule has 1 aromatic rings. The van der Waals surface area contributed by atoms with Crippen LogP contribution < -0.4 is 10.6 Å². The smallest absolute Gasteiger partial charge is 0.151 e. The molecule has 2 N–H and O–H groups in total. The van der Waals surface area contributed by atoms with Crippen molar-refractivity contribution in [2.24, 2.45) is 11.3 Å². The van der Waals surface area contributed by atoms with Gasteiger partial charge in [0.05, 0.1) is 5.69 Å². The lowest BCUT2D eigenvalue weighted by Crippen LogP contribution is -2.26. The second-order valence-electron chi connectivity index (χ2n) is 5.86. The Balaban J connectivity index is 2.15. The molecule has 2 rings (SSSR count). The minimum absolute atomic E-state index is 0.360. The SMILES string of the molecule is CC(C)(C)C1CCN(c2ncc(Br)cc2N)C1. The average molecular weight is 298 g/mol. The van der Waals surface area contributed by atoms with Crippen molar-refractivity contribution in [2.75, 3.05) is 23.7 Å². The fourth-order valence-electron chi connectivity index (χ4n) is 2.37. The van der Waals surface area contributed by atoms with Gasteiger partial charge in [-0.2, -0.15) is 0 Å². The van der Waals surface area contributed by atoms with E-state index in [-0.39, 0.29) is 0 Å². The maximum absolute atomic E-state index is 6.02. The lowest BCUT2D eigenvalue weighted by molar-refractivity contribution is 0.263. The van der Waals surface area contributed by atoms with Crippen LogP contribution >= 0.6 is 15.9 Å². The zero-order valence-electron chi connectivity index (χ0n) is 10.7. The summed E-state index contributed by atoms with van der Waals surface area (Å²) < 4.78 is 0.935. The molecule has 1 unspecified atom stereocenters. The summed E-state index contributed by atoms with van der Waals surface area (Å²) in [6, 6.07) is 1.92. The van der Waals surface area contributed by atoms with Crippen LogP contribution in [-0.2, 0) is 0 Å². The molecule has 0 aromatic carbocycles. The Morgan fingerprint density at radius 1 is 1.47 bits per heavy atom. The van der Waals surface area contributed by atoms with E-state index in [0.717, 1.165) is 29.1 Å². The average Bonchev–Trinajstić information content (AvgIpc) is 2.65. The van der Waals surface area contributed by atoms with Gasteiger partial charge in [0.1, 0.15) is 0 Å². The van der Waals surface area contributed by atoms with Gasteiger partial charge < -0.3 is 10.6 Å². The summed E-state index contributed by atoms with van der Waals surface area (Å²) in [6.07, 6.45) is 3.04. The molecule has 1 atom stereocenters. The van der Waals surface area contributed by atoms with Crippen LogP contribution in [0, 0.1) is 11.3 Å². The van der Waals surface area contributed by atoms with Gasteiger partial charge in [0.25, 0.3) is 0 Å². The monoisotopic (exact) mass is 297 g/mol. The van der Waals surface area contributed by atoms with Crippen LogP contribution in [0.1, 0.15) is 27.2 Å². The highest BCUT2D eigenvalue weighted by atomic mass is 79.9. The summed E-state index contributed by atoms with van der Waals surface area (Å²) in [4.78, 5) is 6.73. The summed E-state index contributed by atoms with van der Waals surface area (Å²) >= 11 is 3.39. The maximum Gasteiger partial charge on any atom is 0.151 e. The number of pyridine rings is 1. The van der Waals surface area contributed by atoms with Gasteiger partial charge in [-0.05, 0) is 39.8 Å². The topological polar surface area (TPSA) is 42.2 Å². The van der Waals surface area contributed by atoms with Crippen LogP contribution in [0.2, 0.25) is 0 Å². The van der Waals surface area contributed by atoms with Gasteiger partial charge >= 0.3 is 0 Å². The molecule has 1 aliphatic rings. The Hall–Kier alpha value is -0.770. The zero-order chi connectivity index (χ0) is 12.6. The fraction of sp³-hybridized carbons (Fsp3) is 0.615. The largest absolute Gasteiger partial charge is 0.396 e. The maximum atomic E-state index is 6.02. The van der Waals surface area contributed by atoms with Gasteiger partial charge in [-0.25, -0.2) is 4.98 Å². The van der Waals surface area contributed by atoms with Crippen molar-refractivity contribution in [1.29, 1.82) is 0 Å². The van der Waals surface area contributed by atoms with Gasteiger partial charge in [-0.1, -0.05) is 20.8 Å². The summed E-state index contributed by atoms with van der Waals surface area (Å²) in [5.74, 6) is 1.65. The number of nitrogens with zero attached hydrogens (tertiary/aromatic N) is 2. The molecule has 1 aliphatic heterocycles. The number of anilines is 2. The number of rotatable bonds is 1. The first kappa shape index (κ1) is 12.7. The van der Waals surface area contributed by atoms with Crippen molar-refractivity contribution in [3.05, 3.63) is 16.7 Å². The summed E-state index contributed by atoms with van der Waals surface area (Å²) in [5.41, 5.74) is 7.14. The van der Waals surface area contributed by atoms with Crippen molar-refractivity contribution in [3.8, 4) is 0 Å². The van der Waals surface area contributed by atoms with Crippen molar-refractivity contribution in [3.63, 3.8) is 0 Å². The van der Waals surface area contributed by atoms with Crippen LogP contribution in [0.5, 0.6) is 0 Å². The lowest BCUT2D eigenvalue weighted by atomic mass is 9.80. The number of nitrogen functional groups attached to an aromatic ring is 1. The van der Waals surface area contributed by atoms with E-state index in [0.29, 0.717) is 11.3 Å². The Kier molecular flexibility index (Phi) is 3.34. The first-order valence-corrected chi connectivity index (χ1v) is 6.83. The molecule has 1 aromatic heterocycles. The van der Waals surface area contributed by atoms with Crippen LogP contribution in [-0.4, -0.2) is 18.1 Å². The molecule has 0 bridgehead atoms. The molecule has 17 heavy (non-hydrogen) atoms. The van der Waals surface area contributed by atoms with Gasteiger partial charge in [0, 0.05) is 23.8 Å².